The third-order valence-electron chi connectivity index (χ3n) is 4.33. The number of ether oxygens (including phenoxy) is 1. The molecule has 0 bridgehead atoms. The van der Waals surface area contributed by atoms with Crippen LogP contribution in [-0.2, 0) is 14.9 Å². The quantitative estimate of drug-likeness (QED) is 0.211. The number of nitrogens with one attached hydrogen (secondary N) is 1. The molecule has 0 spiro atoms. The number of carbonyl (C=O) groups excluding carboxylic acids is 1. The molecule has 10 heteroatoms. The molecule has 3 aromatic carbocycles. The highest BCUT2D eigenvalue weighted by Gasteiger charge is 2.22. The van der Waals surface area contributed by atoms with E-state index in [4.69, 9.17) is 20.5 Å². The molecular weight excluding hydrogens is 544 g/mol. The first-order valence-corrected chi connectivity index (χ1v) is 12.5. The Balaban J connectivity index is 1.94. The van der Waals surface area contributed by atoms with Crippen molar-refractivity contribution in [2.45, 2.75) is 11.8 Å². The molecule has 0 heterocycles. The number of amides is 1. The van der Waals surface area contributed by atoms with Crippen molar-refractivity contribution in [3.63, 3.8) is 0 Å². The molecule has 0 aromatic heterocycles. The second kappa shape index (κ2) is 11.2. The van der Waals surface area contributed by atoms with Crippen molar-refractivity contribution >= 4 is 55.3 Å². The van der Waals surface area contributed by atoms with Crippen molar-refractivity contribution in [3.05, 3.63) is 87.4 Å². The molecule has 0 saturated carbocycles. The number of anilines is 1. The Morgan fingerprint density at radius 1 is 1.15 bits per heavy atom. The predicted octanol–water partition coefficient (Wildman–Crippen LogP) is 5.81. The maximum absolute atomic E-state index is 12.7. The van der Waals surface area contributed by atoms with Gasteiger partial charge in [-0.15, -0.1) is 0 Å². The van der Waals surface area contributed by atoms with Crippen molar-refractivity contribution in [2.24, 2.45) is 0 Å². The molecule has 0 aliphatic carbocycles. The highest BCUT2D eigenvalue weighted by molar-refractivity contribution is 9.10. The van der Waals surface area contributed by atoms with Gasteiger partial charge in [0.15, 0.2) is 11.5 Å². The third kappa shape index (κ3) is 6.38. The number of nitriles is 1. The van der Waals surface area contributed by atoms with Gasteiger partial charge in [-0.1, -0.05) is 29.8 Å². The molecule has 0 saturated heterocycles. The van der Waals surface area contributed by atoms with E-state index >= 15 is 0 Å². The highest BCUT2D eigenvalue weighted by Crippen LogP contribution is 2.39. The Labute approximate surface area is 210 Å². The Morgan fingerprint density at radius 3 is 2.44 bits per heavy atom. The molecular formula is C24H18BrClN2O5S. The molecule has 3 aromatic rings. The summed E-state index contributed by atoms with van der Waals surface area (Å²) in [7, 11) is -4.18. The summed E-state index contributed by atoms with van der Waals surface area (Å²) in [6, 6.07) is 19.1. The normalized spacial score (nSPS) is 11.4. The smallest absolute Gasteiger partial charge is 0.339 e. The summed E-state index contributed by atoms with van der Waals surface area (Å²) >= 11 is 9.14. The molecule has 0 fully saturated rings. The first-order valence-electron chi connectivity index (χ1n) is 9.88. The van der Waals surface area contributed by atoms with Crippen molar-refractivity contribution < 1.29 is 22.1 Å². The van der Waals surface area contributed by atoms with Crippen LogP contribution in [0.15, 0.2) is 81.7 Å². The molecule has 0 unspecified atom stereocenters. The zero-order chi connectivity index (χ0) is 24.7. The number of halogens is 2. The monoisotopic (exact) mass is 560 g/mol. The lowest BCUT2D eigenvalue weighted by Crippen LogP contribution is -2.13. The molecule has 1 amide bonds. The van der Waals surface area contributed by atoms with Crippen LogP contribution >= 0.6 is 27.5 Å². The highest BCUT2D eigenvalue weighted by atomic mass is 79.9. The van der Waals surface area contributed by atoms with E-state index in [9.17, 15) is 18.5 Å². The number of benzene rings is 3. The van der Waals surface area contributed by atoms with Gasteiger partial charge in [-0.2, -0.15) is 13.7 Å². The minimum atomic E-state index is -4.18. The molecule has 0 aliphatic rings. The SMILES string of the molecule is CCOc1cc(/C=C(\C#N)C(=O)Nc2ccccc2)cc(Br)c1OS(=O)(=O)c1ccc(Cl)cc1. The maximum atomic E-state index is 12.7. The van der Waals surface area contributed by atoms with E-state index in [0.29, 0.717) is 16.3 Å². The van der Waals surface area contributed by atoms with E-state index in [0.717, 1.165) is 0 Å². The predicted molar refractivity (Wildman–Crippen MR) is 133 cm³/mol. The lowest BCUT2D eigenvalue weighted by atomic mass is 10.1. The second-order valence-electron chi connectivity index (χ2n) is 6.74. The van der Waals surface area contributed by atoms with Gasteiger partial charge in [0, 0.05) is 10.7 Å². The first kappa shape index (κ1) is 25.3. The van der Waals surface area contributed by atoms with Crippen LogP contribution in [0.3, 0.4) is 0 Å². The number of hydrogen-bond acceptors (Lipinski definition) is 6. The fraction of sp³-hybridized carbons (Fsp3) is 0.0833. The zero-order valence-electron chi connectivity index (χ0n) is 17.8. The van der Waals surface area contributed by atoms with Gasteiger partial charge in [-0.05, 0) is 83.0 Å². The van der Waals surface area contributed by atoms with E-state index in [1.165, 1.54) is 42.5 Å². The lowest BCUT2D eigenvalue weighted by molar-refractivity contribution is -0.112. The van der Waals surface area contributed by atoms with Gasteiger partial charge in [-0.3, -0.25) is 4.79 Å². The summed E-state index contributed by atoms with van der Waals surface area (Å²) in [5.41, 5.74) is 0.813. The standard InChI is InChI=1S/C24H18BrClN2O5S/c1-2-32-22-14-16(12-17(15-27)24(29)28-19-6-4-3-5-7-19)13-21(25)23(22)33-34(30,31)20-10-8-18(26)9-11-20/h3-14H,2H2,1H3,(H,28,29)/b17-12+. The Morgan fingerprint density at radius 2 is 1.82 bits per heavy atom. The van der Waals surface area contributed by atoms with Gasteiger partial charge in [0.2, 0.25) is 0 Å². The third-order valence-corrected chi connectivity index (χ3v) is 6.41. The van der Waals surface area contributed by atoms with Gasteiger partial charge >= 0.3 is 10.1 Å². The lowest BCUT2D eigenvalue weighted by Gasteiger charge is -2.14. The number of para-hydroxylation sites is 1. The number of nitrogens with zero attached hydrogens (tertiary/aromatic N) is 1. The number of hydrogen-bond donors (Lipinski definition) is 1. The summed E-state index contributed by atoms with van der Waals surface area (Å²) in [5.74, 6) is -0.545. The Hall–Kier alpha value is -3.32. The summed E-state index contributed by atoms with van der Waals surface area (Å²) < 4.78 is 36.7. The van der Waals surface area contributed by atoms with Crippen LogP contribution < -0.4 is 14.2 Å². The van der Waals surface area contributed by atoms with Gasteiger partial charge in [0.1, 0.15) is 16.5 Å². The van der Waals surface area contributed by atoms with Crippen LogP contribution in [0, 0.1) is 11.3 Å². The average molecular weight is 562 g/mol. The van der Waals surface area contributed by atoms with Gasteiger partial charge in [0.05, 0.1) is 11.1 Å². The van der Waals surface area contributed by atoms with E-state index in [1.807, 2.05) is 6.07 Å². The fourth-order valence-corrected chi connectivity index (χ4v) is 4.54. The minimum Gasteiger partial charge on any atom is -0.490 e. The van der Waals surface area contributed by atoms with Crippen molar-refractivity contribution in [3.8, 4) is 17.6 Å². The van der Waals surface area contributed by atoms with Gasteiger partial charge in [0.25, 0.3) is 5.91 Å². The molecule has 3 rings (SSSR count). The maximum Gasteiger partial charge on any atom is 0.339 e. The summed E-state index contributed by atoms with van der Waals surface area (Å²) in [5, 5.41) is 12.5. The van der Waals surface area contributed by atoms with E-state index in [2.05, 4.69) is 21.2 Å². The molecule has 34 heavy (non-hydrogen) atoms. The van der Waals surface area contributed by atoms with Crippen molar-refractivity contribution in [2.75, 3.05) is 11.9 Å². The molecule has 1 N–H and O–H groups in total. The second-order valence-corrected chi connectivity index (χ2v) is 9.58. The zero-order valence-corrected chi connectivity index (χ0v) is 20.9. The van der Waals surface area contributed by atoms with Gasteiger partial charge < -0.3 is 14.2 Å². The fourth-order valence-electron chi connectivity index (χ4n) is 2.81. The number of rotatable bonds is 8. The van der Waals surface area contributed by atoms with Crippen molar-refractivity contribution in [1.29, 1.82) is 5.26 Å². The molecule has 0 radical (unpaired) electrons. The minimum absolute atomic E-state index is 0.0683. The van der Waals surface area contributed by atoms with Crippen LogP contribution in [-0.4, -0.2) is 20.9 Å². The summed E-state index contributed by atoms with van der Waals surface area (Å²) in [6.07, 6.45) is 1.36. The van der Waals surface area contributed by atoms with Crippen LogP contribution in [0.5, 0.6) is 11.5 Å². The first-order chi connectivity index (χ1) is 16.2. The Bertz CT molecular complexity index is 1370. The molecule has 7 nitrogen and oxygen atoms in total. The summed E-state index contributed by atoms with van der Waals surface area (Å²) in [6.45, 7) is 1.94. The van der Waals surface area contributed by atoms with E-state index < -0.39 is 16.0 Å². The van der Waals surface area contributed by atoms with Crippen molar-refractivity contribution in [1.82, 2.24) is 0 Å². The molecule has 0 atom stereocenters. The average Bonchev–Trinajstić information content (AvgIpc) is 2.80. The van der Waals surface area contributed by atoms with Gasteiger partial charge in [-0.25, -0.2) is 0 Å². The molecule has 174 valence electrons. The Kier molecular flexibility index (Phi) is 8.34. The molecule has 0 aliphatic heterocycles. The van der Waals surface area contributed by atoms with Crippen LogP contribution in [0.1, 0.15) is 12.5 Å². The van der Waals surface area contributed by atoms with Crippen LogP contribution in [0.2, 0.25) is 5.02 Å². The largest absolute Gasteiger partial charge is 0.490 e. The van der Waals surface area contributed by atoms with E-state index in [1.54, 1.807) is 37.3 Å². The topological polar surface area (TPSA) is 105 Å². The van der Waals surface area contributed by atoms with Crippen LogP contribution in [0.25, 0.3) is 6.08 Å². The van der Waals surface area contributed by atoms with Crippen LogP contribution in [0.4, 0.5) is 5.69 Å². The number of carbonyl (C=O) groups is 1. The van der Waals surface area contributed by atoms with E-state index in [-0.39, 0.29) is 33.0 Å². The summed E-state index contributed by atoms with van der Waals surface area (Å²) in [4.78, 5) is 12.4.